The molecule has 0 aliphatic rings. The summed E-state index contributed by atoms with van der Waals surface area (Å²) in [5.41, 5.74) is 0.925. The standard InChI is InChI=1S/C24H18F3N5O3S/c1-15-5-6-17(10-16(15)7-8-21-14-28-22-4-3-9-29-32(21)22)23(33)30-19-11-18(24(25,26)27)12-20(13-19)31-36(2,34)35/h3-6,9-14,31H,1-2H3,(H,30,33). The van der Waals surface area contributed by atoms with Gasteiger partial charge in [0.2, 0.25) is 10.0 Å². The molecule has 0 aliphatic heterocycles. The zero-order valence-electron chi connectivity index (χ0n) is 18.9. The topological polar surface area (TPSA) is 105 Å². The van der Waals surface area contributed by atoms with Crippen LogP contribution in [0.3, 0.4) is 0 Å². The predicted molar refractivity (Wildman–Crippen MR) is 128 cm³/mol. The number of halogens is 3. The lowest BCUT2D eigenvalue weighted by molar-refractivity contribution is -0.137. The highest BCUT2D eigenvalue weighted by molar-refractivity contribution is 7.92. The minimum atomic E-state index is -4.76. The van der Waals surface area contributed by atoms with Gasteiger partial charge >= 0.3 is 6.18 Å². The van der Waals surface area contributed by atoms with Crippen LogP contribution in [-0.4, -0.2) is 35.2 Å². The normalized spacial score (nSPS) is 11.6. The van der Waals surface area contributed by atoms with Crippen LogP contribution in [0, 0.1) is 18.8 Å². The summed E-state index contributed by atoms with van der Waals surface area (Å²) in [5, 5.41) is 6.58. The average molecular weight is 514 g/mol. The molecular weight excluding hydrogens is 495 g/mol. The van der Waals surface area contributed by atoms with E-state index in [1.54, 1.807) is 42.0 Å². The number of anilines is 2. The molecular formula is C24H18F3N5O3S. The third-order valence-corrected chi connectivity index (χ3v) is 5.53. The van der Waals surface area contributed by atoms with Gasteiger partial charge in [-0.15, -0.1) is 0 Å². The van der Waals surface area contributed by atoms with Gasteiger partial charge in [-0.2, -0.15) is 18.3 Å². The highest BCUT2D eigenvalue weighted by atomic mass is 32.2. The van der Waals surface area contributed by atoms with E-state index >= 15 is 0 Å². The van der Waals surface area contributed by atoms with Crippen molar-refractivity contribution in [1.29, 1.82) is 0 Å². The van der Waals surface area contributed by atoms with Gasteiger partial charge in [-0.1, -0.05) is 12.0 Å². The first-order valence-electron chi connectivity index (χ1n) is 10.3. The number of aryl methyl sites for hydroxylation is 1. The fraction of sp³-hybridized carbons (Fsp3) is 0.125. The second kappa shape index (κ2) is 9.35. The Labute approximate surface area is 204 Å². The van der Waals surface area contributed by atoms with Crippen molar-refractivity contribution in [1.82, 2.24) is 14.6 Å². The Balaban J connectivity index is 1.63. The maximum Gasteiger partial charge on any atom is 0.416 e. The summed E-state index contributed by atoms with van der Waals surface area (Å²) in [6.45, 7) is 1.80. The molecule has 4 rings (SSSR count). The number of hydrogen-bond donors (Lipinski definition) is 2. The summed E-state index contributed by atoms with van der Waals surface area (Å²) in [6, 6.07) is 10.7. The van der Waals surface area contributed by atoms with E-state index < -0.39 is 27.7 Å². The largest absolute Gasteiger partial charge is 0.416 e. The van der Waals surface area contributed by atoms with Gasteiger partial charge < -0.3 is 5.32 Å². The number of sulfonamides is 1. The Bertz CT molecular complexity index is 1650. The fourth-order valence-corrected chi connectivity index (χ4v) is 3.83. The van der Waals surface area contributed by atoms with Gasteiger partial charge in [0.25, 0.3) is 5.91 Å². The lowest BCUT2D eigenvalue weighted by Gasteiger charge is -2.14. The minimum absolute atomic E-state index is 0.149. The van der Waals surface area contributed by atoms with Crippen molar-refractivity contribution in [2.24, 2.45) is 0 Å². The number of nitrogens with one attached hydrogen (secondary N) is 2. The molecule has 12 heteroatoms. The SMILES string of the molecule is Cc1ccc(C(=O)Nc2cc(NS(C)(=O)=O)cc(C(F)(F)F)c2)cc1C#Cc1cnc2cccnn12. The molecule has 8 nitrogen and oxygen atoms in total. The van der Waals surface area contributed by atoms with E-state index in [-0.39, 0.29) is 16.9 Å². The quantitative estimate of drug-likeness (QED) is 0.400. The Morgan fingerprint density at radius 2 is 1.81 bits per heavy atom. The maximum atomic E-state index is 13.3. The second-order valence-corrected chi connectivity index (χ2v) is 9.59. The van der Waals surface area contributed by atoms with E-state index in [0.717, 1.165) is 24.0 Å². The number of amides is 1. The third-order valence-electron chi connectivity index (χ3n) is 4.92. The molecule has 0 unspecified atom stereocenters. The summed E-state index contributed by atoms with van der Waals surface area (Å²) >= 11 is 0. The minimum Gasteiger partial charge on any atom is -0.322 e. The number of hydrogen-bond acceptors (Lipinski definition) is 5. The number of nitrogens with zero attached hydrogens (tertiary/aromatic N) is 3. The van der Waals surface area contributed by atoms with Gasteiger partial charge in [-0.05, 0) is 60.9 Å². The monoisotopic (exact) mass is 513 g/mol. The summed E-state index contributed by atoms with van der Waals surface area (Å²) in [4.78, 5) is 17.1. The van der Waals surface area contributed by atoms with Crippen LogP contribution < -0.4 is 10.0 Å². The maximum absolute atomic E-state index is 13.3. The third kappa shape index (κ3) is 5.81. The van der Waals surface area contributed by atoms with Crippen molar-refractivity contribution in [3.8, 4) is 11.8 Å². The molecule has 0 saturated carbocycles. The van der Waals surface area contributed by atoms with Crippen molar-refractivity contribution in [2.75, 3.05) is 16.3 Å². The summed E-state index contributed by atoms with van der Waals surface area (Å²) in [5.74, 6) is 5.24. The molecule has 0 aliphatic carbocycles. The van der Waals surface area contributed by atoms with Crippen molar-refractivity contribution < 1.29 is 26.4 Å². The molecule has 36 heavy (non-hydrogen) atoms. The first kappa shape index (κ1) is 24.7. The van der Waals surface area contributed by atoms with E-state index in [1.165, 1.54) is 12.1 Å². The highest BCUT2D eigenvalue weighted by Gasteiger charge is 2.31. The van der Waals surface area contributed by atoms with E-state index in [2.05, 4.69) is 27.2 Å². The number of rotatable bonds is 4. The molecule has 0 bridgehead atoms. The number of imidazole rings is 1. The predicted octanol–water partition coefficient (Wildman–Crippen LogP) is 4.08. The molecule has 0 fully saturated rings. The Morgan fingerprint density at radius 3 is 2.53 bits per heavy atom. The van der Waals surface area contributed by atoms with Crippen LogP contribution in [0.2, 0.25) is 0 Å². The van der Waals surface area contributed by atoms with Crippen LogP contribution >= 0.6 is 0 Å². The molecule has 1 amide bonds. The Kier molecular flexibility index (Phi) is 6.43. The van der Waals surface area contributed by atoms with Crippen LogP contribution in [0.5, 0.6) is 0 Å². The zero-order chi connectivity index (χ0) is 26.1. The molecule has 2 aromatic heterocycles. The Morgan fingerprint density at radius 1 is 1.06 bits per heavy atom. The van der Waals surface area contributed by atoms with Gasteiger partial charge in [0.15, 0.2) is 5.65 Å². The molecule has 184 valence electrons. The number of carbonyl (C=O) groups is 1. The van der Waals surface area contributed by atoms with Gasteiger partial charge in [-0.3, -0.25) is 9.52 Å². The molecule has 2 heterocycles. The lowest BCUT2D eigenvalue weighted by Crippen LogP contribution is -2.15. The molecule has 0 atom stereocenters. The number of alkyl halides is 3. The number of benzene rings is 2. The number of aromatic nitrogens is 3. The first-order chi connectivity index (χ1) is 16.9. The van der Waals surface area contributed by atoms with Crippen LogP contribution in [0.25, 0.3) is 5.65 Å². The van der Waals surface area contributed by atoms with Gasteiger partial charge in [-0.25, -0.2) is 17.9 Å². The van der Waals surface area contributed by atoms with Crippen LogP contribution in [0.4, 0.5) is 24.5 Å². The van der Waals surface area contributed by atoms with Gasteiger partial charge in [0.05, 0.1) is 23.7 Å². The van der Waals surface area contributed by atoms with Crippen LogP contribution in [-0.2, 0) is 16.2 Å². The molecule has 0 spiro atoms. The second-order valence-electron chi connectivity index (χ2n) is 7.84. The summed E-state index contributed by atoms with van der Waals surface area (Å²) < 4.78 is 66.5. The van der Waals surface area contributed by atoms with Crippen molar-refractivity contribution >= 4 is 33.0 Å². The van der Waals surface area contributed by atoms with Crippen molar-refractivity contribution in [2.45, 2.75) is 13.1 Å². The molecule has 0 saturated heterocycles. The van der Waals surface area contributed by atoms with Crippen molar-refractivity contribution in [3.05, 3.63) is 88.9 Å². The first-order valence-corrected chi connectivity index (χ1v) is 12.2. The van der Waals surface area contributed by atoms with Crippen LogP contribution in [0.15, 0.2) is 60.9 Å². The fourth-order valence-electron chi connectivity index (χ4n) is 3.28. The molecule has 0 radical (unpaired) electrons. The van der Waals surface area contributed by atoms with Crippen LogP contribution in [0.1, 0.15) is 32.7 Å². The molecule has 2 N–H and O–H groups in total. The highest BCUT2D eigenvalue weighted by Crippen LogP contribution is 2.34. The summed E-state index contributed by atoms with van der Waals surface area (Å²) in [6.07, 6.45) is -0.783. The van der Waals surface area contributed by atoms with E-state index in [4.69, 9.17) is 0 Å². The average Bonchev–Trinajstić information content (AvgIpc) is 3.19. The lowest BCUT2D eigenvalue weighted by atomic mass is 10.0. The molecule has 4 aromatic rings. The van der Waals surface area contributed by atoms with Crippen molar-refractivity contribution in [3.63, 3.8) is 0 Å². The van der Waals surface area contributed by atoms with E-state index in [1.807, 2.05) is 4.72 Å². The van der Waals surface area contributed by atoms with E-state index in [9.17, 15) is 26.4 Å². The van der Waals surface area contributed by atoms with Gasteiger partial charge in [0.1, 0.15) is 5.69 Å². The summed E-state index contributed by atoms with van der Waals surface area (Å²) in [7, 11) is -3.84. The van der Waals surface area contributed by atoms with Gasteiger partial charge in [0, 0.05) is 23.0 Å². The number of fused-ring (bicyclic) bond motifs is 1. The Hall–Kier alpha value is -4.37. The number of carbonyl (C=O) groups excluding carboxylic acids is 1. The van der Waals surface area contributed by atoms with E-state index in [0.29, 0.717) is 23.0 Å². The smallest absolute Gasteiger partial charge is 0.322 e. The zero-order valence-corrected chi connectivity index (χ0v) is 19.7. The molecule has 2 aromatic carbocycles.